The standard InChI is InChI=1S/C5H5.C2H5.2CHO.NO.W/c1-2-4-5-3-1;4*1-2;/h1-5H;1H2,2H3;2*1H;;/q;;;;-1;+1. The SMILES string of the molecule is C[CH2][W]([CH]=O)([CH]=O)([N]=O)[CH]1C=CC=C1. The van der Waals surface area contributed by atoms with E-state index in [0.717, 1.165) is 0 Å². The second-order valence-electron chi connectivity index (χ2n) is 3.14. The van der Waals surface area contributed by atoms with Gasteiger partial charge < -0.3 is 0 Å². The molecular weight excluding hydrogens is 354 g/mol. The van der Waals surface area contributed by atoms with Crippen LogP contribution in [0.15, 0.2) is 28.0 Å². The summed E-state index contributed by atoms with van der Waals surface area (Å²) < 4.78 is 3.77. The van der Waals surface area contributed by atoms with Gasteiger partial charge in [-0.3, -0.25) is 0 Å². The zero-order chi connectivity index (χ0) is 10.7. The molecule has 0 aromatic rings. The second-order valence-corrected chi connectivity index (χ2v) is 18.8. The number of hydrogen-bond acceptors (Lipinski definition) is 4. The molecule has 0 spiro atoms. The van der Waals surface area contributed by atoms with Crippen LogP contribution >= 0.6 is 0 Å². The summed E-state index contributed by atoms with van der Waals surface area (Å²) in [6.07, 6.45) is 6.92. The van der Waals surface area contributed by atoms with E-state index in [2.05, 4.69) is 3.74 Å². The van der Waals surface area contributed by atoms with Crippen molar-refractivity contribution in [3.05, 3.63) is 29.2 Å². The molecule has 1 aliphatic rings. The Hall–Kier alpha value is -0.892. The molecule has 0 unspecified atom stereocenters. The van der Waals surface area contributed by atoms with Crippen LogP contribution in [0.2, 0.25) is 9.12 Å². The van der Waals surface area contributed by atoms with Crippen LogP contribution in [0.4, 0.5) is 0 Å². The van der Waals surface area contributed by atoms with Crippen molar-refractivity contribution in [3.63, 3.8) is 0 Å². The van der Waals surface area contributed by atoms with E-state index in [1.807, 2.05) is 0 Å². The van der Waals surface area contributed by atoms with Gasteiger partial charge >= 0.3 is 83.0 Å². The molecule has 0 fully saturated rings. The van der Waals surface area contributed by atoms with E-state index in [0.29, 0.717) is 9.35 Å². The van der Waals surface area contributed by atoms with E-state index < -0.39 is 15.1 Å². The summed E-state index contributed by atoms with van der Waals surface area (Å²) in [7, 11) is 0. The van der Waals surface area contributed by atoms with Crippen molar-refractivity contribution in [2.24, 2.45) is 3.74 Å². The summed E-state index contributed by atoms with van der Waals surface area (Å²) in [6.45, 7) is 1.69. The zero-order valence-corrected chi connectivity index (χ0v) is 10.8. The number of allylic oxidation sites excluding steroid dienone is 4. The van der Waals surface area contributed by atoms with Gasteiger partial charge in [-0.25, -0.2) is 0 Å². The Morgan fingerprint density at radius 2 is 1.79 bits per heavy atom. The molecule has 14 heavy (non-hydrogen) atoms. The first-order chi connectivity index (χ1) is 6.67. The molecule has 5 heteroatoms. The van der Waals surface area contributed by atoms with Crippen LogP contribution in [-0.2, 0) is 24.6 Å². The maximum atomic E-state index is 11.1. The fourth-order valence-electron chi connectivity index (χ4n) is 1.39. The molecule has 0 atom stereocenters. The van der Waals surface area contributed by atoms with Gasteiger partial charge in [0.25, 0.3) is 0 Å². The average Bonchev–Trinajstić information content (AvgIpc) is 2.78. The first kappa shape index (κ1) is 11.2. The van der Waals surface area contributed by atoms with Crippen LogP contribution < -0.4 is 0 Å². The number of rotatable bonds is 5. The van der Waals surface area contributed by atoms with Gasteiger partial charge in [-0.2, -0.15) is 0 Å². The third-order valence-corrected chi connectivity index (χ3v) is 17.3. The molecule has 77 valence electrons. The molecular formula is C9H12NO3W. The number of hydrogen-bond donors (Lipinski definition) is 0. The molecule has 0 N–H and O–H groups in total. The summed E-state index contributed by atoms with van der Waals surface area (Å²) in [4.78, 5) is 33.5. The van der Waals surface area contributed by atoms with E-state index in [1.165, 1.54) is 0 Å². The van der Waals surface area contributed by atoms with E-state index in [4.69, 9.17) is 0 Å². The molecule has 0 amide bonds. The summed E-state index contributed by atoms with van der Waals surface area (Å²) in [6, 6.07) is 0. The van der Waals surface area contributed by atoms with Gasteiger partial charge in [-0.05, 0) is 0 Å². The van der Waals surface area contributed by atoms with Gasteiger partial charge in [0.05, 0.1) is 0 Å². The Morgan fingerprint density at radius 3 is 2.07 bits per heavy atom. The van der Waals surface area contributed by atoms with Crippen LogP contribution in [0.5, 0.6) is 0 Å². The molecule has 0 saturated heterocycles. The number of carbonyl (C=O) groups excluding carboxylic acids is 2. The Labute approximate surface area is 83.2 Å². The molecule has 0 bridgehead atoms. The summed E-state index contributed by atoms with van der Waals surface area (Å²) in [5.74, 6) is 0. The Balaban J connectivity index is 3.33. The first-order valence-corrected chi connectivity index (χ1v) is 12.7. The van der Waals surface area contributed by atoms with Gasteiger partial charge in [-0.15, -0.1) is 0 Å². The van der Waals surface area contributed by atoms with Crippen molar-refractivity contribution in [2.45, 2.75) is 16.0 Å². The van der Waals surface area contributed by atoms with Gasteiger partial charge in [-0.1, -0.05) is 0 Å². The molecule has 4 nitrogen and oxygen atoms in total. The number of nitroso groups, excluding NO2 is 1. The topological polar surface area (TPSA) is 63.6 Å². The Morgan fingerprint density at radius 1 is 1.29 bits per heavy atom. The van der Waals surface area contributed by atoms with Gasteiger partial charge in [0, 0.05) is 0 Å². The van der Waals surface area contributed by atoms with Crippen LogP contribution in [0.3, 0.4) is 0 Å². The second kappa shape index (κ2) is 3.70. The van der Waals surface area contributed by atoms with E-state index in [9.17, 15) is 14.5 Å². The van der Waals surface area contributed by atoms with Crippen molar-refractivity contribution in [1.29, 1.82) is 0 Å². The predicted octanol–water partition coefficient (Wildman–Crippen LogP) is 2.09. The average molecular weight is 366 g/mol. The van der Waals surface area contributed by atoms with Crippen molar-refractivity contribution in [3.8, 4) is 0 Å². The molecule has 1 rings (SSSR count). The minimum atomic E-state index is -4.69. The summed E-state index contributed by atoms with van der Waals surface area (Å²) in [5, 5.41) is 0. The molecule has 0 aromatic carbocycles. The molecule has 0 aromatic heterocycles. The fourth-order valence-corrected chi connectivity index (χ4v) is 9.08. The normalized spacial score (nSPS) is 18.8. The van der Waals surface area contributed by atoms with E-state index in [-0.39, 0.29) is 9.12 Å². The Kier molecular flexibility index (Phi) is 2.95. The van der Waals surface area contributed by atoms with Gasteiger partial charge in [0.15, 0.2) is 0 Å². The fraction of sp³-hybridized carbons (Fsp3) is 0.333. The molecule has 0 saturated carbocycles. The third-order valence-electron chi connectivity index (χ3n) is 2.60. The molecule has 1 aliphatic carbocycles. The molecule has 0 radical (unpaired) electrons. The van der Waals surface area contributed by atoms with Crippen LogP contribution in [-0.4, -0.2) is 9.35 Å². The first-order valence-electron chi connectivity index (χ1n) is 4.21. The predicted molar refractivity (Wildman–Crippen MR) is 51.8 cm³/mol. The number of nitrogens with zero attached hydrogens (tertiary/aromatic N) is 1. The van der Waals surface area contributed by atoms with Crippen LogP contribution in [0.25, 0.3) is 0 Å². The van der Waals surface area contributed by atoms with E-state index in [1.54, 1.807) is 31.2 Å². The molecule has 0 heterocycles. The van der Waals surface area contributed by atoms with Crippen LogP contribution in [0, 0.1) is 4.91 Å². The van der Waals surface area contributed by atoms with Crippen LogP contribution in [0.1, 0.15) is 6.92 Å². The van der Waals surface area contributed by atoms with E-state index >= 15 is 0 Å². The van der Waals surface area contributed by atoms with Crippen molar-refractivity contribution in [2.75, 3.05) is 0 Å². The zero-order valence-electron chi connectivity index (χ0n) is 7.83. The van der Waals surface area contributed by atoms with Crippen molar-refractivity contribution >= 4 is 9.35 Å². The molecule has 0 aliphatic heterocycles. The third kappa shape index (κ3) is 1.25. The minimum absolute atomic E-state index is 0.274. The maximum absolute atomic E-state index is 11.1. The van der Waals surface area contributed by atoms with Gasteiger partial charge in [0.2, 0.25) is 0 Å². The monoisotopic (exact) mass is 366 g/mol. The number of carbonyl (C=O) groups is 2. The quantitative estimate of drug-likeness (QED) is 0.553. The Bertz CT molecular complexity index is 298. The van der Waals surface area contributed by atoms with Crippen molar-refractivity contribution < 1.29 is 24.6 Å². The van der Waals surface area contributed by atoms with Crippen molar-refractivity contribution in [1.82, 2.24) is 0 Å². The summed E-state index contributed by atoms with van der Waals surface area (Å²) in [5.41, 5.74) is 0. The summed E-state index contributed by atoms with van der Waals surface area (Å²) >= 11 is -4.69. The van der Waals surface area contributed by atoms with Gasteiger partial charge in [0.1, 0.15) is 0 Å².